The molecule has 3 aromatic rings. The molecule has 0 spiro atoms. The van der Waals surface area contributed by atoms with Crippen molar-refractivity contribution in [2.24, 2.45) is 13.0 Å². The first-order chi connectivity index (χ1) is 16.1. The predicted octanol–water partition coefficient (Wildman–Crippen LogP) is 4.02. The molecule has 1 aliphatic carbocycles. The van der Waals surface area contributed by atoms with Crippen LogP contribution < -0.4 is 10.1 Å². The SMILES string of the molecule is COc1cc([C@@H](NC(=O)c2cc(CO)cc(-c3cn(C)nc3C(F)(F)F)c2)C2CC2)ncc1F. The molecule has 34 heavy (non-hydrogen) atoms. The number of aryl methyl sites for hydroxylation is 1. The molecule has 1 aromatic carbocycles. The third-order valence-corrected chi connectivity index (χ3v) is 5.61. The second kappa shape index (κ2) is 9.05. The Hall–Kier alpha value is -3.47. The minimum atomic E-state index is -4.70. The Bertz CT molecular complexity index is 1220. The van der Waals surface area contributed by atoms with E-state index < -0.39 is 36.2 Å². The van der Waals surface area contributed by atoms with Crippen molar-refractivity contribution in [3.8, 4) is 16.9 Å². The van der Waals surface area contributed by atoms with Crippen molar-refractivity contribution >= 4 is 5.91 Å². The van der Waals surface area contributed by atoms with Crippen molar-refractivity contribution in [3.63, 3.8) is 0 Å². The Morgan fingerprint density at radius 2 is 2.03 bits per heavy atom. The van der Waals surface area contributed by atoms with Crippen LogP contribution in [0, 0.1) is 11.7 Å². The van der Waals surface area contributed by atoms with Gasteiger partial charge in [0, 0.05) is 30.4 Å². The van der Waals surface area contributed by atoms with Gasteiger partial charge in [0.2, 0.25) is 0 Å². The molecule has 1 fully saturated rings. The van der Waals surface area contributed by atoms with E-state index in [1.54, 1.807) is 0 Å². The standard InChI is InChI=1S/C23H22F4N4O3/c1-31-10-16(21(30-31)23(25,26)27)14-5-12(11-32)6-15(7-14)22(33)29-20(13-3-4-13)18-8-19(34-2)17(24)9-28-18/h5-10,13,20,32H,3-4,11H2,1-2H3,(H,29,33)/t20-/m0/s1. The summed E-state index contributed by atoms with van der Waals surface area (Å²) in [7, 11) is 2.69. The number of aromatic nitrogens is 3. The minimum Gasteiger partial charge on any atom is -0.494 e. The summed E-state index contributed by atoms with van der Waals surface area (Å²) in [6.07, 6.45) is -0.805. The van der Waals surface area contributed by atoms with Gasteiger partial charge >= 0.3 is 6.18 Å². The fraction of sp³-hybridized carbons (Fsp3) is 0.348. The molecular weight excluding hydrogens is 456 g/mol. The largest absolute Gasteiger partial charge is 0.494 e. The van der Waals surface area contributed by atoms with Crippen molar-refractivity contribution in [3.05, 3.63) is 65.0 Å². The molecule has 0 bridgehead atoms. The molecule has 11 heteroatoms. The predicted molar refractivity (Wildman–Crippen MR) is 113 cm³/mol. The Kier molecular flexibility index (Phi) is 6.30. The molecule has 0 aliphatic heterocycles. The molecule has 1 aliphatic rings. The normalized spacial score (nSPS) is 14.7. The molecule has 7 nitrogen and oxygen atoms in total. The van der Waals surface area contributed by atoms with Crippen LogP contribution in [0.2, 0.25) is 0 Å². The Morgan fingerprint density at radius 3 is 2.65 bits per heavy atom. The summed E-state index contributed by atoms with van der Waals surface area (Å²) in [5, 5.41) is 16.0. The first-order valence-electron chi connectivity index (χ1n) is 10.5. The molecule has 0 saturated heterocycles. The Labute approximate surface area is 192 Å². The number of aliphatic hydroxyl groups is 1. The first-order valence-corrected chi connectivity index (χ1v) is 10.5. The van der Waals surface area contributed by atoms with Gasteiger partial charge in [0.1, 0.15) is 0 Å². The summed E-state index contributed by atoms with van der Waals surface area (Å²) in [6, 6.07) is 4.99. The van der Waals surface area contributed by atoms with E-state index in [-0.39, 0.29) is 33.9 Å². The fourth-order valence-electron chi connectivity index (χ4n) is 3.83. The van der Waals surface area contributed by atoms with Gasteiger partial charge in [-0.1, -0.05) is 0 Å². The lowest BCUT2D eigenvalue weighted by molar-refractivity contribution is -0.140. The van der Waals surface area contributed by atoms with E-state index in [9.17, 15) is 27.5 Å². The van der Waals surface area contributed by atoms with Crippen LogP contribution in [0.3, 0.4) is 0 Å². The summed E-state index contributed by atoms with van der Waals surface area (Å²) in [5.41, 5.74) is -0.443. The van der Waals surface area contributed by atoms with Crippen molar-refractivity contribution < 1.29 is 32.2 Å². The number of carbonyl (C=O) groups excluding carboxylic acids is 1. The number of halogens is 4. The van der Waals surface area contributed by atoms with E-state index >= 15 is 0 Å². The summed E-state index contributed by atoms with van der Waals surface area (Å²) < 4.78 is 60.3. The van der Waals surface area contributed by atoms with Gasteiger partial charge in [-0.15, -0.1) is 0 Å². The molecule has 2 aromatic heterocycles. The highest BCUT2D eigenvalue weighted by atomic mass is 19.4. The van der Waals surface area contributed by atoms with Gasteiger partial charge in [-0.05, 0) is 48.1 Å². The molecule has 1 saturated carbocycles. The van der Waals surface area contributed by atoms with Crippen LogP contribution in [0.4, 0.5) is 17.6 Å². The zero-order chi connectivity index (χ0) is 24.6. The van der Waals surface area contributed by atoms with Gasteiger partial charge in [0.25, 0.3) is 5.91 Å². The van der Waals surface area contributed by atoms with Crippen molar-refractivity contribution in [1.82, 2.24) is 20.1 Å². The van der Waals surface area contributed by atoms with Gasteiger partial charge < -0.3 is 15.2 Å². The summed E-state index contributed by atoms with van der Waals surface area (Å²) in [6.45, 7) is -0.474. The number of hydrogen-bond acceptors (Lipinski definition) is 5. The van der Waals surface area contributed by atoms with Crippen LogP contribution in [0.25, 0.3) is 11.1 Å². The topological polar surface area (TPSA) is 89.3 Å². The lowest BCUT2D eigenvalue weighted by atomic mass is 9.99. The van der Waals surface area contributed by atoms with Crippen molar-refractivity contribution in [2.75, 3.05) is 7.11 Å². The van der Waals surface area contributed by atoms with E-state index in [4.69, 9.17) is 4.74 Å². The van der Waals surface area contributed by atoms with E-state index in [1.807, 2.05) is 0 Å². The molecular formula is C23H22F4N4O3. The van der Waals surface area contributed by atoms with Gasteiger partial charge in [-0.2, -0.15) is 18.3 Å². The minimum absolute atomic E-state index is 0.00859. The second-order valence-corrected chi connectivity index (χ2v) is 8.17. The number of amides is 1. The smallest absolute Gasteiger partial charge is 0.435 e. The maximum absolute atomic E-state index is 13.8. The number of aliphatic hydroxyl groups excluding tert-OH is 1. The highest BCUT2D eigenvalue weighted by molar-refractivity contribution is 5.96. The molecule has 0 radical (unpaired) electrons. The number of nitrogens with one attached hydrogen (secondary N) is 1. The molecule has 1 amide bonds. The quantitative estimate of drug-likeness (QED) is 0.501. The number of carbonyl (C=O) groups is 1. The number of ether oxygens (including phenoxy) is 1. The van der Waals surface area contributed by atoms with Crippen LogP contribution in [0.15, 0.2) is 36.7 Å². The van der Waals surface area contributed by atoms with Crippen LogP contribution in [-0.2, 0) is 19.8 Å². The van der Waals surface area contributed by atoms with E-state index in [1.165, 1.54) is 44.6 Å². The zero-order valence-corrected chi connectivity index (χ0v) is 18.4. The number of nitrogens with zero attached hydrogens (tertiary/aromatic N) is 3. The fourth-order valence-corrected chi connectivity index (χ4v) is 3.83. The van der Waals surface area contributed by atoms with Crippen LogP contribution in [0.5, 0.6) is 5.75 Å². The number of alkyl halides is 3. The number of pyridine rings is 1. The molecule has 2 N–H and O–H groups in total. The number of hydrogen-bond donors (Lipinski definition) is 2. The molecule has 180 valence electrons. The van der Waals surface area contributed by atoms with Crippen molar-refractivity contribution in [2.45, 2.75) is 31.7 Å². The Morgan fingerprint density at radius 1 is 1.29 bits per heavy atom. The van der Waals surface area contributed by atoms with Crippen LogP contribution in [-0.4, -0.2) is 32.9 Å². The number of rotatable bonds is 7. The summed E-state index contributed by atoms with van der Waals surface area (Å²) in [5.74, 6) is -1.12. The lowest BCUT2D eigenvalue weighted by Gasteiger charge is -2.19. The Balaban J connectivity index is 1.69. The average molecular weight is 478 g/mol. The van der Waals surface area contributed by atoms with Gasteiger partial charge in [-0.3, -0.25) is 14.5 Å². The summed E-state index contributed by atoms with van der Waals surface area (Å²) in [4.78, 5) is 17.2. The van der Waals surface area contributed by atoms with Gasteiger partial charge in [0.05, 0.1) is 31.6 Å². The maximum Gasteiger partial charge on any atom is 0.435 e. The zero-order valence-electron chi connectivity index (χ0n) is 18.4. The second-order valence-electron chi connectivity index (χ2n) is 8.17. The highest BCUT2D eigenvalue weighted by Crippen LogP contribution is 2.41. The molecule has 1 atom stereocenters. The van der Waals surface area contributed by atoms with Crippen LogP contribution in [0.1, 0.15) is 46.2 Å². The van der Waals surface area contributed by atoms with Gasteiger partial charge in [-0.25, -0.2) is 4.39 Å². The van der Waals surface area contributed by atoms with Gasteiger partial charge in [0.15, 0.2) is 17.3 Å². The molecule has 4 rings (SSSR count). The third-order valence-electron chi connectivity index (χ3n) is 5.61. The maximum atomic E-state index is 13.8. The third kappa shape index (κ3) is 4.89. The highest BCUT2D eigenvalue weighted by Gasteiger charge is 2.38. The average Bonchev–Trinajstić information content (AvgIpc) is 3.56. The molecule has 2 heterocycles. The number of benzene rings is 1. The van der Waals surface area contributed by atoms with E-state index in [2.05, 4.69) is 15.4 Å². The first kappa shape index (κ1) is 23.7. The van der Waals surface area contributed by atoms with Crippen molar-refractivity contribution in [1.29, 1.82) is 0 Å². The van der Waals surface area contributed by atoms with E-state index in [0.29, 0.717) is 5.69 Å². The number of methoxy groups -OCH3 is 1. The van der Waals surface area contributed by atoms with E-state index in [0.717, 1.165) is 23.7 Å². The summed E-state index contributed by atoms with van der Waals surface area (Å²) >= 11 is 0. The lowest BCUT2D eigenvalue weighted by Crippen LogP contribution is -2.30. The van der Waals surface area contributed by atoms with Crippen LogP contribution >= 0.6 is 0 Å². The monoisotopic (exact) mass is 478 g/mol. The molecule has 0 unspecified atom stereocenters.